The Hall–Kier alpha value is -3.79. The van der Waals surface area contributed by atoms with E-state index in [9.17, 15) is 4.79 Å². The van der Waals surface area contributed by atoms with Crippen LogP contribution < -0.4 is 14.8 Å². The number of methoxy groups -OCH3 is 1. The van der Waals surface area contributed by atoms with Crippen molar-refractivity contribution in [2.45, 2.75) is 6.04 Å². The van der Waals surface area contributed by atoms with Crippen molar-refractivity contribution < 1.29 is 14.3 Å². The normalized spacial score (nSPS) is 12.4. The lowest BCUT2D eigenvalue weighted by atomic mass is 9.98. The molecule has 0 aromatic heterocycles. The molecule has 4 heteroatoms. The third kappa shape index (κ3) is 4.22. The molecule has 0 atom stereocenters. The number of fused-ring (bicyclic) bond motifs is 1. The summed E-state index contributed by atoms with van der Waals surface area (Å²) in [6.07, 6.45) is 5.02. The minimum atomic E-state index is -0.256. The number of carbonyl (C=O) groups excluding carboxylic acids is 1. The van der Waals surface area contributed by atoms with Crippen LogP contribution in [0.4, 0.5) is 0 Å². The van der Waals surface area contributed by atoms with Gasteiger partial charge in [-0.2, -0.15) is 0 Å². The molecule has 0 unspecified atom stereocenters. The molecule has 3 aromatic carbocycles. The Bertz CT molecular complexity index is 1020. The van der Waals surface area contributed by atoms with Crippen molar-refractivity contribution in [1.29, 1.82) is 0 Å². The van der Waals surface area contributed by atoms with Gasteiger partial charge in [-0.25, -0.2) is 0 Å². The molecule has 0 bridgehead atoms. The summed E-state index contributed by atoms with van der Waals surface area (Å²) in [7, 11) is 1.61. The maximum Gasteiger partial charge on any atom is 0.252 e. The standard InChI is InChI=1S/C25H21NO3/c1-28-22-12-13-23-21(17-22)16-20(14-15-29-23)25(27)26-24(18-8-4-2-5-9-18)19-10-6-3-7-11-19/h2-17,24H,1H3,(H,26,27). The Morgan fingerprint density at radius 3 is 2.21 bits per heavy atom. The van der Waals surface area contributed by atoms with E-state index >= 15 is 0 Å². The Kier molecular flexibility index (Phi) is 5.43. The van der Waals surface area contributed by atoms with Crippen molar-refractivity contribution in [3.63, 3.8) is 0 Å². The van der Waals surface area contributed by atoms with Crippen LogP contribution in [0.2, 0.25) is 0 Å². The zero-order valence-corrected chi connectivity index (χ0v) is 16.0. The maximum atomic E-state index is 13.2. The summed E-state index contributed by atoms with van der Waals surface area (Å²) in [6.45, 7) is 0. The van der Waals surface area contributed by atoms with Gasteiger partial charge >= 0.3 is 0 Å². The fourth-order valence-corrected chi connectivity index (χ4v) is 3.28. The first-order valence-electron chi connectivity index (χ1n) is 9.38. The highest BCUT2D eigenvalue weighted by Crippen LogP contribution is 2.29. The Morgan fingerprint density at radius 2 is 1.59 bits per heavy atom. The van der Waals surface area contributed by atoms with Gasteiger partial charge in [-0.15, -0.1) is 0 Å². The zero-order valence-electron chi connectivity index (χ0n) is 16.0. The second-order valence-electron chi connectivity index (χ2n) is 6.65. The molecular formula is C25H21NO3. The summed E-state index contributed by atoms with van der Waals surface area (Å²) >= 11 is 0. The highest BCUT2D eigenvalue weighted by molar-refractivity contribution is 6.01. The van der Waals surface area contributed by atoms with Gasteiger partial charge in [-0.3, -0.25) is 4.79 Å². The van der Waals surface area contributed by atoms with E-state index in [1.54, 1.807) is 13.2 Å². The zero-order chi connectivity index (χ0) is 20.1. The first-order valence-corrected chi connectivity index (χ1v) is 9.38. The average Bonchev–Trinajstić information content (AvgIpc) is 3.00. The van der Waals surface area contributed by atoms with Gasteiger partial charge in [-0.1, -0.05) is 60.7 Å². The van der Waals surface area contributed by atoms with E-state index in [4.69, 9.17) is 9.47 Å². The molecule has 144 valence electrons. The van der Waals surface area contributed by atoms with Gasteiger partial charge in [0.05, 0.1) is 19.4 Å². The van der Waals surface area contributed by atoms with Crippen LogP contribution in [0.3, 0.4) is 0 Å². The van der Waals surface area contributed by atoms with E-state index in [-0.39, 0.29) is 11.9 Å². The number of nitrogens with one attached hydrogen (secondary N) is 1. The van der Waals surface area contributed by atoms with Crippen molar-refractivity contribution in [3.05, 3.63) is 113 Å². The van der Waals surface area contributed by atoms with Crippen molar-refractivity contribution in [2.75, 3.05) is 7.11 Å². The second kappa shape index (κ2) is 8.48. The van der Waals surface area contributed by atoms with Gasteiger partial charge in [0.25, 0.3) is 5.91 Å². The van der Waals surface area contributed by atoms with Crippen LogP contribution in [0.25, 0.3) is 6.08 Å². The van der Waals surface area contributed by atoms with Crippen molar-refractivity contribution in [1.82, 2.24) is 5.32 Å². The lowest BCUT2D eigenvalue weighted by molar-refractivity contribution is -0.117. The Morgan fingerprint density at radius 1 is 0.931 bits per heavy atom. The van der Waals surface area contributed by atoms with E-state index in [1.165, 1.54) is 6.26 Å². The Labute approximate surface area is 170 Å². The van der Waals surface area contributed by atoms with Crippen LogP contribution in [-0.2, 0) is 4.79 Å². The third-order valence-corrected chi connectivity index (χ3v) is 4.77. The first-order chi connectivity index (χ1) is 14.2. The molecule has 29 heavy (non-hydrogen) atoms. The predicted octanol–water partition coefficient (Wildman–Crippen LogP) is 4.89. The number of benzene rings is 3. The predicted molar refractivity (Wildman–Crippen MR) is 114 cm³/mol. The maximum absolute atomic E-state index is 13.2. The molecular weight excluding hydrogens is 362 g/mol. The molecule has 0 spiro atoms. The molecule has 0 aliphatic carbocycles. The molecule has 1 heterocycles. The van der Waals surface area contributed by atoms with Crippen molar-refractivity contribution >= 4 is 12.0 Å². The third-order valence-electron chi connectivity index (χ3n) is 4.77. The summed E-state index contributed by atoms with van der Waals surface area (Å²) in [4.78, 5) is 13.2. The van der Waals surface area contributed by atoms with E-state index in [0.717, 1.165) is 16.7 Å². The summed E-state index contributed by atoms with van der Waals surface area (Å²) in [5, 5.41) is 3.16. The molecule has 4 rings (SSSR count). The minimum Gasteiger partial charge on any atom is -0.497 e. The van der Waals surface area contributed by atoms with Crippen molar-refractivity contribution in [3.8, 4) is 11.5 Å². The van der Waals surface area contributed by atoms with Gasteiger partial charge in [0.2, 0.25) is 0 Å². The number of hydrogen-bond acceptors (Lipinski definition) is 3. The number of hydrogen-bond donors (Lipinski definition) is 1. The molecule has 0 radical (unpaired) electrons. The van der Waals surface area contributed by atoms with Gasteiger partial charge in [0, 0.05) is 11.1 Å². The lowest BCUT2D eigenvalue weighted by Crippen LogP contribution is -2.30. The molecule has 1 N–H and O–H groups in total. The largest absolute Gasteiger partial charge is 0.497 e. The fraction of sp³-hybridized carbons (Fsp3) is 0.0800. The van der Waals surface area contributed by atoms with Crippen molar-refractivity contribution in [2.24, 2.45) is 0 Å². The van der Waals surface area contributed by atoms with Crippen LogP contribution in [0.1, 0.15) is 22.7 Å². The van der Waals surface area contributed by atoms with Gasteiger partial charge in [0.1, 0.15) is 11.5 Å². The molecule has 0 fully saturated rings. The fourth-order valence-electron chi connectivity index (χ4n) is 3.28. The van der Waals surface area contributed by atoms with Gasteiger partial charge in [0.15, 0.2) is 0 Å². The molecule has 1 amide bonds. The molecule has 3 aromatic rings. The number of rotatable bonds is 5. The smallest absolute Gasteiger partial charge is 0.252 e. The Balaban J connectivity index is 1.66. The van der Waals surface area contributed by atoms with Crippen LogP contribution in [-0.4, -0.2) is 13.0 Å². The first kappa shape index (κ1) is 18.6. The molecule has 4 nitrogen and oxygen atoms in total. The summed E-state index contributed by atoms with van der Waals surface area (Å²) in [5.41, 5.74) is 3.33. The molecule has 0 saturated heterocycles. The summed E-state index contributed by atoms with van der Waals surface area (Å²) in [6, 6.07) is 25.1. The van der Waals surface area contributed by atoms with E-state index in [2.05, 4.69) is 5.32 Å². The lowest BCUT2D eigenvalue weighted by Gasteiger charge is -2.20. The second-order valence-corrected chi connectivity index (χ2v) is 6.65. The van der Waals surface area contributed by atoms with E-state index in [1.807, 2.05) is 84.9 Å². The summed E-state index contributed by atoms with van der Waals surface area (Å²) in [5.74, 6) is 1.20. The van der Waals surface area contributed by atoms with E-state index < -0.39 is 0 Å². The quantitative estimate of drug-likeness (QED) is 0.682. The van der Waals surface area contributed by atoms with Gasteiger partial charge < -0.3 is 14.8 Å². The molecule has 1 aliphatic rings. The van der Waals surface area contributed by atoms with E-state index in [0.29, 0.717) is 17.1 Å². The number of amides is 1. The minimum absolute atomic E-state index is 0.182. The van der Waals surface area contributed by atoms with Crippen LogP contribution in [0, 0.1) is 0 Å². The van der Waals surface area contributed by atoms with Gasteiger partial charge in [-0.05, 0) is 41.5 Å². The number of ether oxygens (including phenoxy) is 2. The highest BCUT2D eigenvalue weighted by Gasteiger charge is 2.19. The highest BCUT2D eigenvalue weighted by atomic mass is 16.5. The van der Waals surface area contributed by atoms with Crippen LogP contribution in [0.5, 0.6) is 11.5 Å². The number of carbonyl (C=O) groups is 1. The molecule has 1 aliphatic heterocycles. The summed E-state index contributed by atoms with van der Waals surface area (Å²) < 4.78 is 10.9. The topological polar surface area (TPSA) is 47.6 Å². The van der Waals surface area contributed by atoms with Crippen LogP contribution in [0.15, 0.2) is 96.8 Å². The molecule has 0 saturated carbocycles. The SMILES string of the molecule is COc1ccc2c(c1)C=C(C(=O)NC(c1ccccc1)c1ccccc1)C=CO2. The van der Waals surface area contributed by atoms with Crippen LogP contribution >= 0.6 is 0 Å². The average molecular weight is 383 g/mol. The monoisotopic (exact) mass is 383 g/mol.